The molecule has 2 aromatic carbocycles. The van der Waals surface area contributed by atoms with Crippen LogP contribution in [-0.2, 0) is 6.54 Å². The smallest absolute Gasteiger partial charge is 0.128 e. The summed E-state index contributed by atoms with van der Waals surface area (Å²) in [6, 6.07) is 19.5. The highest BCUT2D eigenvalue weighted by atomic mass is 16.5. The highest BCUT2D eigenvalue weighted by Gasteiger charge is 2.10. The number of rotatable bonds is 10. The molecule has 124 valence electrons. The van der Waals surface area contributed by atoms with Gasteiger partial charge in [-0.2, -0.15) is 0 Å². The van der Waals surface area contributed by atoms with E-state index in [0.717, 1.165) is 25.3 Å². The number of benzene rings is 2. The molecule has 2 nitrogen and oxygen atoms in total. The van der Waals surface area contributed by atoms with Crippen molar-refractivity contribution in [1.29, 1.82) is 0 Å². The average molecular weight is 312 g/mol. The van der Waals surface area contributed by atoms with E-state index in [-0.39, 0.29) is 0 Å². The van der Waals surface area contributed by atoms with E-state index in [0.29, 0.717) is 6.04 Å². The fourth-order valence-corrected chi connectivity index (χ4v) is 2.72. The third-order valence-corrected chi connectivity index (χ3v) is 4.24. The predicted molar refractivity (Wildman–Crippen MR) is 96.6 cm³/mol. The Kier molecular flexibility index (Phi) is 7.68. The second-order valence-corrected chi connectivity index (χ2v) is 6.16. The van der Waals surface area contributed by atoms with Crippen molar-refractivity contribution in [3.8, 4) is 5.75 Å². The molecule has 2 aromatic rings. The van der Waals surface area contributed by atoms with Gasteiger partial charge in [-0.3, -0.25) is 0 Å². The highest BCUT2D eigenvalue weighted by Crippen LogP contribution is 2.18. The minimum absolute atomic E-state index is 0.453. The molecular weight excluding hydrogens is 282 g/mol. The van der Waals surface area contributed by atoms with E-state index < -0.39 is 0 Å². The summed E-state index contributed by atoms with van der Waals surface area (Å²) in [4.78, 5) is 0. The van der Waals surface area contributed by atoms with Crippen LogP contribution in [-0.4, -0.2) is 6.61 Å². The maximum absolute atomic E-state index is 6.00. The first-order chi connectivity index (χ1) is 11.3. The first kappa shape index (κ1) is 17.6. The van der Waals surface area contributed by atoms with Crippen LogP contribution in [0.3, 0.4) is 0 Å². The van der Waals surface area contributed by atoms with Crippen molar-refractivity contribution in [2.75, 3.05) is 6.61 Å². The van der Waals surface area contributed by atoms with E-state index in [1.165, 1.54) is 30.4 Å². The van der Waals surface area contributed by atoms with Crippen LogP contribution >= 0.6 is 0 Å². The Hall–Kier alpha value is -1.80. The first-order valence-corrected chi connectivity index (χ1v) is 8.90. The first-order valence-electron chi connectivity index (χ1n) is 8.90. The molecule has 0 heterocycles. The molecule has 0 aromatic heterocycles. The zero-order valence-corrected chi connectivity index (χ0v) is 14.5. The van der Waals surface area contributed by atoms with Gasteiger partial charge in [-0.05, 0) is 25.5 Å². The van der Waals surface area contributed by atoms with Crippen LogP contribution in [0.1, 0.15) is 56.7 Å². The topological polar surface area (TPSA) is 25.8 Å². The maximum atomic E-state index is 6.00. The van der Waals surface area contributed by atoms with Crippen LogP contribution in [0.2, 0.25) is 0 Å². The van der Waals surface area contributed by atoms with Gasteiger partial charge in [0.15, 0.2) is 0 Å². The molecule has 0 saturated carbocycles. The van der Waals surface area contributed by atoms with Crippen LogP contribution in [0, 0.1) is 0 Å². The highest BCUT2D eigenvalue weighted by molar-refractivity contribution is 5.32. The number of unbranched alkanes of at least 4 members (excludes halogenated alkanes) is 3. The van der Waals surface area contributed by atoms with Crippen molar-refractivity contribution < 1.29 is 10.1 Å². The number of quaternary nitrogens is 1. The van der Waals surface area contributed by atoms with Gasteiger partial charge in [0, 0.05) is 11.1 Å². The number of nitrogens with two attached hydrogens (primary N) is 1. The summed E-state index contributed by atoms with van der Waals surface area (Å²) in [7, 11) is 0. The zero-order chi connectivity index (χ0) is 16.3. The van der Waals surface area contributed by atoms with Gasteiger partial charge in [-0.1, -0.05) is 68.7 Å². The SMILES string of the molecule is CCCCCCOc1ccccc1C[NH2+][C@@H](C)c1ccccc1. The Morgan fingerprint density at radius 3 is 2.43 bits per heavy atom. The lowest BCUT2D eigenvalue weighted by molar-refractivity contribution is -0.708. The number of hydrogen-bond acceptors (Lipinski definition) is 1. The standard InChI is InChI=1S/C21H29NO/c1-3-4-5-11-16-23-21-15-10-9-14-20(21)17-22-18(2)19-12-7-6-8-13-19/h6-10,12-15,18,22H,3-5,11,16-17H2,1-2H3/p+1/t18-/m0/s1. The van der Waals surface area contributed by atoms with Gasteiger partial charge in [-0.25, -0.2) is 0 Å². The van der Waals surface area contributed by atoms with Crippen LogP contribution in [0.15, 0.2) is 54.6 Å². The van der Waals surface area contributed by atoms with Crippen molar-refractivity contribution >= 4 is 0 Å². The van der Waals surface area contributed by atoms with Crippen molar-refractivity contribution in [3.63, 3.8) is 0 Å². The number of para-hydroxylation sites is 1. The minimum Gasteiger partial charge on any atom is -0.493 e. The largest absolute Gasteiger partial charge is 0.493 e. The lowest BCUT2D eigenvalue weighted by Crippen LogP contribution is -2.83. The molecular formula is C21H30NO+. The van der Waals surface area contributed by atoms with Gasteiger partial charge >= 0.3 is 0 Å². The number of ether oxygens (including phenoxy) is 1. The monoisotopic (exact) mass is 312 g/mol. The summed E-state index contributed by atoms with van der Waals surface area (Å²) >= 11 is 0. The van der Waals surface area contributed by atoms with E-state index >= 15 is 0 Å². The molecule has 0 radical (unpaired) electrons. The Labute approximate surface area is 140 Å². The Bertz CT molecular complexity index is 553. The molecule has 0 amide bonds. The summed E-state index contributed by atoms with van der Waals surface area (Å²) in [6.45, 7) is 6.26. The molecule has 0 saturated heterocycles. The molecule has 2 rings (SSSR count). The molecule has 23 heavy (non-hydrogen) atoms. The van der Waals surface area contributed by atoms with Gasteiger partial charge < -0.3 is 10.1 Å². The van der Waals surface area contributed by atoms with E-state index in [1.54, 1.807) is 0 Å². The van der Waals surface area contributed by atoms with Gasteiger partial charge in [0.1, 0.15) is 18.3 Å². The minimum atomic E-state index is 0.453. The molecule has 0 bridgehead atoms. The Balaban J connectivity index is 1.85. The third-order valence-electron chi connectivity index (χ3n) is 4.24. The van der Waals surface area contributed by atoms with Gasteiger partial charge in [0.05, 0.1) is 6.61 Å². The van der Waals surface area contributed by atoms with Gasteiger partial charge in [-0.15, -0.1) is 0 Å². The fraction of sp³-hybridized carbons (Fsp3) is 0.429. The third kappa shape index (κ3) is 6.07. The van der Waals surface area contributed by atoms with Crippen molar-refractivity contribution in [2.45, 2.75) is 52.1 Å². The number of hydrogen-bond donors (Lipinski definition) is 1. The van der Waals surface area contributed by atoms with Gasteiger partial charge in [0.2, 0.25) is 0 Å². The summed E-state index contributed by atoms with van der Waals surface area (Å²) in [5, 5.41) is 2.37. The average Bonchev–Trinajstić information content (AvgIpc) is 2.61. The van der Waals surface area contributed by atoms with E-state index in [2.05, 4.69) is 73.8 Å². The maximum Gasteiger partial charge on any atom is 0.128 e. The summed E-state index contributed by atoms with van der Waals surface area (Å²) in [6.07, 6.45) is 4.97. The predicted octanol–water partition coefficient (Wildman–Crippen LogP) is 4.47. The van der Waals surface area contributed by atoms with Crippen LogP contribution in [0.25, 0.3) is 0 Å². The second kappa shape index (κ2) is 10.1. The molecule has 2 heteroatoms. The van der Waals surface area contributed by atoms with Crippen molar-refractivity contribution in [2.24, 2.45) is 0 Å². The van der Waals surface area contributed by atoms with Crippen molar-refractivity contribution in [1.82, 2.24) is 0 Å². The molecule has 0 unspecified atom stereocenters. The zero-order valence-electron chi connectivity index (χ0n) is 14.5. The molecule has 2 N–H and O–H groups in total. The van der Waals surface area contributed by atoms with Gasteiger partial charge in [0.25, 0.3) is 0 Å². The molecule has 0 aliphatic carbocycles. The second-order valence-electron chi connectivity index (χ2n) is 6.16. The Morgan fingerprint density at radius 2 is 1.65 bits per heavy atom. The lowest BCUT2D eigenvalue weighted by Gasteiger charge is -2.14. The van der Waals surface area contributed by atoms with Crippen molar-refractivity contribution in [3.05, 3.63) is 65.7 Å². The fourth-order valence-electron chi connectivity index (χ4n) is 2.72. The molecule has 1 atom stereocenters. The lowest BCUT2D eigenvalue weighted by atomic mass is 10.1. The van der Waals surface area contributed by atoms with Crippen LogP contribution in [0.5, 0.6) is 5.75 Å². The normalized spacial score (nSPS) is 12.1. The summed E-state index contributed by atoms with van der Waals surface area (Å²) in [5.74, 6) is 1.04. The summed E-state index contributed by atoms with van der Waals surface area (Å²) < 4.78 is 6.00. The molecule has 0 fully saturated rings. The van der Waals surface area contributed by atoms with E-state index in [9.17, 15) is 0 Å². The molecule has 0 aliphatic heterocycles. The quantitative estimate of drug-likeness (QED) is 0.644. The molecule has 0 aliphatic rings. The van der Waals surface area contributed by atoms with Crippen LogP contribution in [0.4, 0.5) is 0 Å². The van der Waals surface area contributed by atoms with E-state index in [1.807, 2.05) is 0 Å². The molecule has 0 spiro atoms. The Morgan fingerprint density at radius 1 is 0.913 bits per heavy atom. The van der Waals surface area contributed by atoms with E-state index in [4.69, 9.17) is 4.74 Å². The summed E-state index contributed by atoms with van der Waals surface area (Å²) in [5.41, 5.74) is 2.65. The van der Waals surface area contributed by atoms with Crippen LogP contribution < -0.4 is 10.1 Å².